The van der Waals surface area contributed by atoms with Gasteiger partial charge in [-0.05, 0) is 76.3 Å². The first-order valence-electron chi connectivity index (χ1n) is 11.0. The molecule has 0 aliphatic heterocycles. The van der Waals surface area contributed by atoms with Crippen molar-refractivity contribution in [2.24, 2.45) is 29.1 Å². The zero-order valence-electron chi connectivity index (χ0n) is 18.1. The van der Waals surface area contributed by atoms with Gasteiger partial charge in [0, 0.05) is 31.9 Å². The van der Waals surface area contributed by atoms with Gasteiger partial charge in [-0.3, -0.25) is 4.79 Å². The van der Waals surface area contributed by atoms with Crippen LogP contribution in [-0.4, -0.2) is 60.0 Å². The van der Waals surface area contributed by atoms with E-state index in [0.717, 1.165) is 32.2 Å². The summed E-state index contributed by atoms with van der Waals surface area (Å²) in [4.78, 5) is 14.4. The number of rotatable bonds is 5. The lowest BCUT2D eigenvalue weighted by Gasteiger charge is -2.57. The summed E-state index contributed by atoms with van der Waals surface area (Å²) >= 11 is 0. The largest absolute Gasteiger partial charge is 0.459 e. The van der Waals surface area contributed by atoms with Crippen LogP contribution in [0.3, 0.4) is 0 Å². The number of fused-ring (bicyclic) bond motifs is 1. The fourth-order valence-corrected chi connectivity index (χ4v) is 6.91. The number of allylic oxidation sites excluding steroid dienone is 1. The lowest BCUT2D eigenvalue weighted by molar-refractivity contribution is -0.204. The highest BCUT2D eigenvalue weighted by Crippen LogP contribution is 2.62. The Hall–Kier alpha value is -0.910. The maximum atomic E-state index is 12.2. The zero-order valence-corrected chi connectivity index (χ0v) is 18.1. The first-order valence-corrected chi connectivity index (χ1v) is 11.0. The number of aliphatic hydroxyl groups is 2. The average molecular weight is 394 g/mol. The summed E-state index contributed by atoms with van der Waals surface area (Å²) in [6, 6.07) is 0. The lowest BCUT2D eigenvalue weighted by Crippen LogP contribution is -2.60. The van der Waals surface area contributed by atoms with Crippen LogP contribution in [0, 0.1) is 29.1 Å². The van der Waals surface area contributed by atoms with Gasteiger partial charge in [0.1, 0.15) is 5.60 Å². The van der Waals surface area contributed by atoms with Gasteiger partial charge in [0.05, 0.1) is 6.10 Å². The fourth-order valence-electron chi connectivity index (χ4n) is 6.91. The first-order chi connectivity index (χ1) is 13.1. The molecule has 0 aromatic heterocycles. The fraction of sp³-hybridized carbons (Fsp3) is 0.870. The van der Waals surface area contributed by atoms with Crippen LogP contribution in [0.4, 0.5) is 0 Å². The van der Waals surface area contributed by atoms with Crippen molar-refractivity contribution in [2.75, 3.05) is 27.2 Å². The van der Waals surface area contributed by atoms with Gasteiger partial charge in [0.25, 0.3) is 0 Å². The molecule has 0 amide bonds. The molecule has 0 bridgehead atoms. The van der Waals surface area contributed by atoms with Crippen molar-refractivity contribution < 1.29 is 19.7 Å². The van der Waals surface area contributed by atoms with Crippen molar-refractivity contribution >= 4 is 5.97 Å². The van der Waals surface area contributed by atoms with Crippen molar-refractivity contribution in [2.45, 2.75) is 70.5 Å². The number of carbonyl (C=O) groups excluding carboxylic acids is 1. The molecule has 3 rings (SSSR count). The Labute approximate surface area is 170 Å². The molecule has 3 aliphatic rings. The van der Waals surface area contributed by atoms with Crippen molar-refractivity contribution in [3.63, 3.8) is 0 Å². The van der Waals surface area contributed by atoms with Crippen molar-refractivity contribution in [1.82, 2.24) is 4.90 Å². The Morgan fingerprint density at radius 3 is 2.57 bits per heavy atom. The normalized spacial score (nSPS) is 43.8. The molecule has 0 heterocycles. The number of hydrogen-bond donors (Lipinski definition) is 2. The lowest BCUT2D eigenvalue weighted by atomic mass is 9.52. The van der Waals surface area contributed by atoms with Crippen LogP contribution in [0.5, 0.6) is 0 Å². The third-order valence-electron chi connectivity index (χ3n) is 8.27. The van der Waals surface area contributed by atoms with E-state index in [1.54, 1.807) is 0 Å². The molecule has 28 heavy (non-hydrogen) atoms. The summed E-state index contributed by atoms with van der Waals surface area (Å²) in [5.74, 6) is 0.634. The van der Waals surface area contributed by atoms with Crippen molar-refractivity contribution in [3.8, 4) is 0 Å². The van der Waals surface area contributed by atoms with Crippen LogP contribution in [0.25, 0.3) is 0 Å². The number of ether oxygens (including phenoxy) is 1. The quantitative estimate of drug-likeness (QED) is 0.555. The van der Waals surface area contributed by atoms with E-state index >= 15 is 0 Å². The van der Waals surface area contributed by atoms with E-state index in [1.807, 2.05) is 0 Å². The highest BCUT2D eigenvalue weighted by molar-refractivity contribution is 5.66. The molecule has 0 aromatic rings. The Bertz CT molecular complexity index is 605. The van der Waals surface area contributed by atoms with E-state index in [4.69, 9.17) is 4.74 Å². The predicted octanol–water partition coefficient (Wildman–Crippen LogP) is 3.00. The van der Waals surface area contributed by atoms with E-state index in [2.05, 4.69) is 32.5 Å². The molecule has 0 saturated heterocycles. The molecule has 7 atom stereocenters. The second-order valence-corrected chi connectivity index (χ2v) is 10.1. The summed E-state index contributed by atoms with van der Waals surface area (Å²) in [6.45, 7) is 9.14. The highest BCUT2D eigenvalue weighted by Gasteiger charge is 2.60. The summed E-state index contributed by atoms with van der Waals surface area (Å²) in [5, 5.41) is 20.5. The molecule has 2 N–H and O–H groups in total. The van der Waals surface area contributed by atoms with Gasteiger partial charge in [0.2, 0.25) is 0 Å². The number of aliphatic hydroxyl groups excluding tert-OH is 2. The third-order valence-corrected chi connectivity index (χ3v) is 8.27. The molecule has 0 radical (unpaired) electrons. The van der Waals surface area contributed by atoms with Gasteiger partial charge in [-0.2, -0.15) is 0 Å². The second-order valence-electron chi connectivity index (χ2n) is 10.1. The van der Waals surface area contributed by atoms with E-state index < -0.39 is 11.7 Å². The molecule has 5 heteroatoms. The highest BCUT2D eigenvalue weighted by atomic mass is 16.6. The number of nitrogens with zero attached hydrogens (tertiary/aromatic N) is 1. The maximum absolute atomic E-state index is 12.2. The van der Waals surface area contributed by atoms with Crippen LogP contribution < -0.4 is 0 Å². The van der Waals surface area contributed by atoms with Gasteiger partial charge >= 0.3 is 5.97 Å². The molecule has 3 aliphatic carbocycles. The zero-order chi connectivity index (χ0) is 20.7. The van der Waals surface area contributed by atoms with E-state index in [9.17, 15) is 15.0 Å². The van der Waals surface area contributed by atoms with Gasteiger partial charge in [-0.25, -0.2) is 0 Å². The summed E-state index contributed by atoms with van der Waals surface area (Å²) in [7, 11) is 4.22. The Morgan fingerprint density at radius 1 is 1.25 bits per heavy atom. The van der Waals surface area contributed by atoms with Gasteiger partial charge in [-0.1, -0.05) is 19.1 Å². The summed E-state index contributed by atoms with van der Waals surface area (Å²) in [6.07, 6.45) is 5.62. The molecule has 2 unspecified atom stereocenters. The second kappa shape index (κ2) is 8.08. The van der Waals surface area contributed by atoms with E-state index in [-0.39, 0.29) is 29.8 Å². The molecular formula is C23H39NO4. The van der Waals surface area contributed by atoms with Crippen molar-refractivity contribution in [1.29, 1.82) is 0 Å². The van der Waals surface area contributed by atoms with E-state index in [1.165, 1.54) is 12.5 Å². The Morgan fingerprint density at radius 2 is 1.96 bits per heavy atom. The number of hydrogen-bond acceptors (Lipinski definition) is 5. The van der Waals surface area contributed by atoms with Crippen LogP contribution >= 0.6 is 0 Å². The van der Waals surface area contributed by atoms with Gasteiger partial charge < -0.3 is 19.8 Å². The summed E-state index contributed by atoms with van der Waals surface area (Å²) < 4.78 is 6.14. The van der Waals surface area contributed by atoms with Crippen LogP contribution in [-0.2, 0) is 9.53 Å². The molecule has 3 saturated carbocycles. The number of esters is 1. The Kier molecular flexibility index (Phi) is 6.29. The summed E-state index contributed by atoms with van der Waals surface area (Å²) in [5.41, 5.74) is 0.863. The van der Waals surface area contributed by atoms with Crippen LogP contribution in [0.2, 0.25) is 0 Å². The minimum Gasteiger partial charge on any atom is -0.459 e. The van der Waals surface area contributed by atoms with Gasteiger partial charge in [-0.15, -0.1) is 0 Å². The van der Waals surface area contributed by atoms with Crippen LogP contribution in [0.15, 0.2) is 12.2 Å². The SMILES string of the molecule is C=C1CCC2[C@H](CN(C)C)C([C@@]3(OC(C)=O)CC[C@H](O)C[C@@H]3CO)CC[C@]12C. The van der Waals surface area contributed by atoms with Crippen molar-refractivity contribution in [3.05, 3.63) is 12.2 Å². The monoisotopic (exact) mass is 393 g/mol. The topological polar surface area (TPSA) is 70.0 Å². The minimum absolute atomic E-state index is 0.0514. The molecule has 160 valence electrons. The first kappa shape index (κ1) is 21.8. The van der Waals surface area contributed by atoms with Gasteiger partial charge in [0.15, 0.2) is 0 Å². The molecule has 0 spiro atoms. The number of carbonyl (C=O) groups is 1. The molecular weight excluding hydrogens is 354 g/mol. The maximum Gasteiger partial charge on any atom is 0.303 e. The third kappa shape index (κ3) is 3.66. The van der Waals surface area contributed by atoms with Crippen LogP contribution in [0.1, 0.15) is 58.8 Å². The standard InChI is InChI=1S/C23H39NO4/c1-15-6-7-20-19(13-24(4)5)21(9-10-22(15,20)3)23(28-16(2)26)11-8-18(27)12-17(23)14-25/h17-21,25,27H,1,6-14H2,2-5H3/t17-,18+,19+,20?,21?,22-,23-/m1/s1. The molecule has 5 nitrogen and oxygen atoms in total. The molecule has 0 aromatic carbocycles. The molecule has 3 fully saturated rings. The average Bonchev–Trinajstić information content (AvgIpc) is 2.91. The minimum atomic E-state index is -0.675. The predicted molar refractivity (Wildman–Crippen MR) is 110 cm³/mol. The smallest absolute Gasteiger partial charge is 0.303 e. The van der Waals surface area contributed by atoms with E-state index in [0.29, 0.717) is 31.1 Å². The Balaban J connectivity index is 2.02.